The lowest BCUT2D eigenvalue weighted by Gasteiger charge is -2.36. The Hall–Kier alpha value is -1.11. The highest BCUT2D eigenvalue weighted by Gasteiger charge is 2.33. The SMILES string of the molecule is CC(C)(C)[C@H](N)C(=O)N1CCC(NC(=O)c2ccc(Br)cc2)CC1.Cl. The molecule has 0 bridgehead atoms. The van der Waals surface area contributed by atoms with Gasteiger partial charge in [0.05, 0.1) is 6.04 Å². The van der Waals surface area contributed by atoms with Gasteiger partial charge in [-0.3, -0.25) is 9.59 Å². The van der Waals surface area contributed by atoms with Gasteiger partial charge in [0.15, 0.2) is 0 Å². The molecule has 0 radical (unpaired) electrons. The van der Waals surface area contributed by atoms with Crippen LogP contribution in [0.2, 0.25) is 0 Å². The Labute approximate surface area is 164 Å². The summed E-state index contributed by atoms with van der Waals surface area (Å²) in [4.78, 5) is 26.5. The van der Waals surface area contributed by atoms with Crippen molar-refractivity contribution in [3.05, 3.63) is 34.3 Å². The van der Waals surface area contributed by atoms with E-state index in [9.17, 15) is 9.59 Å². The van der Waals surface area contributed by atoms with Gasteiger partial charge < -0.3 is 16.0 Å². The van der Waals surface area contributed by atoms with Gasteiger partial charge in [0, 0.05) is 29.2 Å². The first-order chi connectivity index (χ1) is 11.2. The van der Waals surface area contributed by atoms with Crippen LogP contribution >= 0.6 is 28.3 Å². The summed E-state index contributed by atoms with van der Waals surface area (Å²) in [6, 6.07) is 6.89. The Morgan fingerprint density at radius 3 is 2.20 bits per heavy atom. The third-order valence-electron chi connectivity index (χ3n) is 4.45. The van der Waals surface area contributed by atoms with Crippen molar-refractivity contribution >= 4 is 40.2 Å². The molecular weight excluding hydrogens is 406 g/mol. The van der Waals surface area contributed by atoms with Gasteiger partial charge in [-0.2, -0.15) is 0 Å². The highest BCUT2D eigenvalue weighted by Crippen LogP contribution is 2.21. The zero-order chi connectivity index (χ0) is 17.9. The molecule has 0 saturated carbocycles. The van der Waals surface area contributed by atoms with Crippen LogP contribution in [0.4, 0.5) is 0 Å². The van der Waals surface area contributed by atoms with Gasteiger partial charge in [0.2, 0.25) is 5.91 Å². The molecule has 1 aliphatic rings. The molecule has 2 rings (SSSR count). The maximum atomic E-state index is 12.4. The summed E-state index contributed by atoms with van der Waals surface area (Å²) in [5.74, 6) is -0.0705. The number of nitrogens with one attached hydrogen (secondary N) is 1. The maximum Gasteiger partial charge on any atom is 0.251 e. The molecule has 5 nitrogen and oxygen atoms in total. The Kier molecular flexibility index (Phi) is 7.90. The molecule has 1 fully saturated rings. The van der Waals surface area contributed by atoms with Gasteiger partial charge in [-0.1, -0.05) is 36.7 Å². The number of nitrogens with zero attached hydrogens (tertiary/aromatic N) is 1. The Morgan fingerprint density at radius 2 is 1.72 bits per heavy atom. The van der Waals surface area contributed by atoms with Crippen molar-refractivity contribution in [1.29, 1.82) is 0 Å². The molecule has 3 N–H and O–H groups in total. The van der Waals surface area contributed by atoms with Crippen molar-refractivity contribution in [3.63, 3.8) is 0 Å². The van der Waals surface area contributed by atoms with E-state index >= 15 is 0 Å². The van der Waals surface area contributed by atoms with Crippen molar-refractivity contribution in [2.75, 3.05) is 13.1 Å². The minimum Gasteiger partial charge on any atom is -0.349 e. The average Bonchev–Trinajstić information content (AvgIpc) is 2.54. The van der Waals surface area contributed by atoms with E-state index in [-0.39, 0.29) is 35.7 Å². The molecule has 1 atom stereocenters. The van der Waals surface area contributed by atoms with E-state index in [2.05, 4.69) is 21.2 Å². The number of carbonyl (C=O) groups is 2. The molecule has 7 heteroatoms. The smallest absolute Gasteiger partial charge is 0.251 e. The van der Waals surface area contributed by atoms with E-state index in [4.69, 9.17) is 5.73 Å². The lowest BCUT2D eigenvalue weighted by atomic mass is 9.86. The zero-order valence-electron chi connectivity index (χ0n) is 14.9. The number of likely N-dealkylation sites (tertiary alicyclic amines) is 1. The molecule has 0 spiro atoms. The topological polar surface area (TPSA) is 75.4 Å². The van der Waals surface area contributed by atoms with Gasteiger partial charge in [0.25, 0.3) is 5.91 Å². The molecule has 25 heavy (non-hydrogen) atoms. The summed E-state index contributed by atoms with van der Waals surface area (Å²) >= 11 is 3.36. The van der Waals surface area contributed by atoms with Crippen LogP contribution in [0.1, 0.15) is 44.0 Å². The summed E-state index contributed by atoms with van der Waals surface area (Å²) in [7, 11) is 0. The molecule has 140 valence electrons. The second kappa shape index (κ2) is 9.01. The molecular formula is C18H27BrClN3O2. The normalized spacial score (nSPS) is 16.8. The van der Waals surface area contributed by atoms with Gasteiger partial charge in [-0.05, 0) is 42.5 Å². The Morgan fingerprint density at radius 1 is 1.20 bits per heavy atom. The van der Waals surface area contributed by atoms with E-state index in [1.165, 1.54) is 0 Å². The van der Waals surface area contributed by atoms with Crippen LogP contribution in [0.5, 0.6) is 0 Å². The van der Waals surface area contributed by atoms with Crippen molar-refractivity contribution in [1.82, 2.24) is 10.2 Å². The fraction of sp³-hybridized carbons (Fsp3) is 0.556. The second-order valence-corrected chi connectivity index (χ2v) is 8.34. The largest absolute Gasteiger partial charge is 0.349 e. The van der Waals surface area contributed by atoms with Crippen LogP contribution in [0, 0.1) is 5.41 Å². The highest BCUT2D eigenvalue weighted by atomic mass is 79.9. The number of piperidine rings is 1. The number of rotatable bonds is 3. The van der Waals surface area contributed by atoms with Gasteiger partial charge in [-0.25, -0.2) is 0 Å². The van der Waals surface area contributed by atoms with E-state index in [0.717, 1.165) is 17.3 Å². The minimum absolute atomic E-state index is 0. The van der Waals surface area contributed by atoms with Gasteiger partial charge in [0.1, 0.15) is 0 Å². The van der Waals surface area contributed by atoms with Gasteiger partial charge in [-0.15, -0.1) is 12.4 Å². The van der Waals surface area contributed by atoms with Crippen molar-refractivity contribution < 1.29 is 9.59 Å². The molecule has 1 aromatic carbocycles. The Balaban J connectivity index is 0.00000312. The fourth-order valence-electron chi connectivity index (χ4n) is 2.68. The first-order valence-electron chi connectivity index (χ1n) is 8.29. The molecule has 1 aliphatic heterocycles. The number of hydrogen-bond donors (Lipinski definition) is 2. The summed E-state index contributed by atoms with van der Waals surface area (Å²) in [5.41, 5.74) is 6.46. The lowest BCUT2D eigenvalue weighted by molar-refractivity contribution is -0.136. The average molecular weight is 433 g/mol. The standard InChI is InChI=1S/C18H26BrN3O2.ClH/c1-18(2,3)15(20)17(24)22-10-8-14(9-11-22)21-16(23)12-4-6-13(19)7-5-12;/h4-7,14-15H,8-11,20H2,1-3H3,(H,21,23);1H/t15-;/m1./s1. The van der Waals surface area contributed by atoms with Crippen LogP contribution in [-0.2, 0) is 4.79 Å². The molecule has 0 aliphatic carbocycles. The fourth-order valence-corrected chi connectivity index (χ4v) is 2.95. The third-order valence-corrected chi connectivity index (χ3v) is 4.98. The van der Waals surface area contributed by atoms with E-state index in [1.54, 1.807) is 12.1 Å². The van der Waals surface area contributed by atoms with Crippen LogP contribution in [-0.4, -0.2) is 41.9 Å². The molecule has 1 aromatic rings. The van der Waals surface area contributed by atoms with E-state index < -0.39 is 6.04 Å². The second-order valence-electron chi connectivity index (χ2n) is 7.42. The van der Waals surface area contributed by atoms with Crippen molar-refractivity contribution in [2.24, 2.45) is 11.1 Å². The summed E-state index contributed by atoms with van der Waals surface area (Å²) in [5, 5.41) is 3.05. The third kappa shape index (κ3) is 5.97. The van der Waals surface area contributed by atoms with Crippen molar-refractivity contribution in [3.8, 4) is 0 Å². The zero-order valence-corrected chi connectivity index (χ0v) is 17.3. The van der Waals surface area contributed by atoms with Crippen molar-refractivity contribution in [2.45, 2.75) is 45.7 Å². The minimum atomic E-state index is -0.494. The van der Waals surface area contributed by atoms with Gasteiger partial charge >= 0.3 is 0 Å². The number of hydrogen-bond acceptors (Lipinski definition) is 3. The Bertz CT molecular complexity index is 593. The molecule has 2 amide bonds. The summed E-state index contributed by atoms with van der Waals surface area (Å²) in [6.45, 7) is 7.18. The van der Waals surface area contributed by atoms with Crippen LogP contribution in [0.25, 0.3) is 0 Å². The predicted molar refractivity (Wildman–Crippen MR) is 106 cm³/mol. The predicted octanol–water partition coefficient (Wildman–Crippen LogP) is 2.97. The molecule has 0 aromatic heterocycles. The first kappa shape index (κ1) is 21.9. The number of carbonyl (C=O) groups excluding carboxylic acids is 2. The van der Waals surface area contributed by atoms with Crippen LogP contribution < -0.4 is 11.1 Å². The van der Waals surface area contributed by atoms with Crippen LogP contribution in [0.3, 0.4) is 0 Å². The quantitative estimate of drug-likeness (QED) is 0.771. The molecule has 0 unspecified atom stereocenters. The lowest BCUT2D eigenvalue weighted by Crippen LogP contribution is -2.54. The number of benzene rings is 1. The summed E-state index contributed by atoms with van der Waals surface area (Å²) < 4.78 is 0.945. The molecule has 1 saturated heterocycles. The monoisotopic (exact) mass is 431 g/mol. The molecule has 1 heterocycles. The number of nitrogens with two attached hydrogens (primary N) is 1. The van der Waals surface area contributed by atoms with E-state index in [0.29, 0.717) is 18.7 Å². The number of amides is 2. The number of halogens is 2. The maximum absolute atomic E-state index is 12.4. The van der Waals surface area contributed by atoms with E-state index in [1.807, 2.05) is 37.8 Å². The van der Waals surface area contributed by atoms with Crippen LogP contribution in [0.15, 0.2) is 28.7 Å². The highest BCUT2D eigenvalue weighted by molar-refractivity contribution is 9.10. The summed E-state index contributed by atoms with van der Waals surface area (Å²) in [6.07, 6.45) is 1.51. The first-order valence-corrected chi connectivity index (χ1v) is 9.08.